The van der Waals surface area contributed by atoms with Crippen molar-refractivity contribution < 1.29 is 23.9 Å². The molecule has 0 saturated carbocycles. The number of esters is 2. The van der Waals surface area contributed by atoms with E-state index in [1.54, 1.807) is 0 Å². The second-order valence-electron chi connectivity index (χ2n) is 4.61. The van der Waals surface area contributed by atoms with Gasteiger partial charge in [-0.25, -0.2) is 9.59 Å². The lowest BCUT2D eigenvalue weighted by atomic mass is 9.91. The van der Waals surface area contributed by atoms with Gasteiger partial charge < -0.3 is 4.74 Å². The number of ether oxygens (including phenoxy) is 1. The zero-order valence-electron chi connectivity index (χ0n) is 9.58. The number of carbonyl (C=O) groups excluding carboxylic acids is 4. The Balaban J connectivity index is 1.95. The second kappa shape index (κ2) is 3.73. The minimum atomic E-state index is -0.601. The summed E-state index contributed by atoms with van der Waals surface area (Å²) >= 11 is 0. The molecule has 5 nitrogen and oxygen atoms in total. The maximum Gasteiger partial charge on any atom is 0.342 e. The molecule has 0 spiro atoms. The molecule has 3 rings (SSSR count). The Morgan fingerprint density at radius 2 is 1.00 bits per heavy atom. The summed E-state index contributed by atoms with van der Waals surface area (Å²) < 4.78 is 4.55. The number of allylic oxidation sites excluding steroid dienone is 2. The first-order valence-corrected chi connectivity index (χ1v) is 5.85. The van der Waals surface area contributed by atoms with Crippen molar-refractivity contribution in [1.29, 1.82) is 0 Å². The monoisotopic (exact) mass is 246 g/mol. The van der Waals surface area contributed by atoms with E-state index in [1.807, 2.05) is 0 Å². The number of Topliss-reactive ketones (excluding diaryl/α,β-unsaturated/α-hetero) is 2. The van der Waals surface area contributed by atoms with E-state index in [-0.39, 0.29) is 18.0 Å². The molecule has 1 aliphatic heterocycles. The Morgan fingerprint density at radius 1 is 0.611 bits per heavy atom. The van der Waals surface area contributed by atoms with E-state index >= 15 is 0 Å². The third-order valence-electron chi connectivity index (χ3n) is 3.65. The van der Waals surface area contributed by atoms with Crippen LogP contribution in [-0.2, 0) is 23.9 Å². The Morgan fingerprint density at radius 3 is 1.44 bits per heavy atom. The summed E-state index contributed by atoms with van der Waals surface area (Å²) in [5.41, 5.74) is 1.83. The summed E-state index contributed by atoms with van der Waals surface area (Å²) in [5.74, 6) is -1.49. The van der Waals surface area contributed by atoms with Crippen LogP contribution in [0.2, 0.25) is 0 Å². The highest BCUT2D eigenvalue weighted by Gasteiger charge is 2.37. The standard InChI is InChI=1S/C13H10O5/c14-10-5-11(15)7-2-4-9-8(3-1-6(7)10)12(16)18-13(9)17/h1-5H2. The fourth-order valence-corrected chi connectivity index (χ4v) is 2.74. The smallest absolute Gasteiger partial charge is 0.342 e. The SMILES string of the molecule is O=C1CC(=O)C2=C1CCC1=C(CC2)C(=O)OC1=O. The number of hydrogen-bond acceptors (Lipinski definition) is 5. The van der Waals surface area contributed by atoms with E-state index in [0.29, 0.717) is 48.0 Å². The zero-order valence-corrected chi connectivity index (χ0v) is 9.58. The van der Waals surface area contributed by atoms with Crippen LogP contribution >= 0.6 is 0 Å². The highest BCUT2D eigenvalue weighted by Crippen LogP contribution is 2.35. The van der Waals surface area contributed by atoms with Crippen LogP contribution in [0.3, 0.4) is 0 Å². The minimum Gasteiger partial charge on any atom is -0.386 e. The molecule has 0 atom stereocenters. The van der Waals surface area contributed by atoms with Crippen molar-refractivity contribution in [3.63, 3.8) is 0 Å². The van der Waals surface area contributed by atoms with Crippen LogP contribution in [-0.4, -0.2) is 23.5 Å². The van der Waals surface area contributed by atoms with Crippen LogP contribution in [0.4, 0.5) is 0 Å². The van der Waals surface area contributed by atoms with Crippen molar-refractivity contribution in [2.24, 2.45) is 0 Å². The number of carbonyl (C=O) groups is 4. The van der Waals surface area contributed by atoms with E-state index in [2.05, 4.69) is 4.74 Å². The summed E-state index contributed by atoms with van der Waals surface area (Å²) in [7, 11) is 0. The molecule has 0 fully saturated rings. The Hall–Kier alpha value is -2.04. The molecule has 0 radical (unpaired) electrons. The molecule has 18 heavy (non-hydrogen) atoms. The van der Waals surface area contributed by atoms with Gasteiger partial charge >= 0.3 is 11.9 Å². The van der Waals surface area contributed by atoms with Crippen molar-refractivity contribution in [3.8, 4) is 0 Å². The highest BCUT2D eigenvalue weighted by molar-refractivity contribution is 6.22. The van der Waals surface area contributed by atoms with E-state index < -0.39 is 11.9 Å². The molecule has 0 aromatic carbocycles. The van der Waals surface area contributed by atoms with Gasteiger partial charge in [-0.15, -0.1) is 0 Å². The van der Waals surface area contributed by atoms with Gasteiger partial charge in [0.15, 0.2) is 11.6 Å². The van der Waals surface area contributed by atoms with Crippen LogP contribution in [0.25, 0.3) is 0 Å². The molecular weight excluding hydrogens is 236 g/mol. The molecule has 0 aromatic heterocycles. The molecule has 5 heteroatoms. The minimum absolute atomic E-state index is 0.0618. The van der Waals surface area contributed by atoms with E-state index in [4.69, 9.17) is 0 Å². The van der Waals surface area contributed by atoms with E-state index in [1.165, 1.54) is 0 Å². The molecule has 92 valence electrons. The number of ketones is 2. The van der Waals surface area contributed by atoms with Crippen LogP contribution in [0, 0.1) is 0 Å². The van der Waals surface area contributed by atoms with Gasteiger partial charge in [-0.1, -0.05) is 0 Å². The molecule has 0 amide bonds. The first kappa shape index (κ1) is 11.1. The summed E-state index contributed by atoms with van der Waals surface area (Å²) in [6.45, 7) is 0. The summed E-state index contributed by atoms with van der Waals surface area (Å²) in [6, 6.07) is 0. The predicted octanol–water partition coefficient (Wildman–Crippen LogP) is 0.779. The average molecular weight is 246 g/mol. The number of cyclic esters (lactones) is 2. The zero-order chi connectivity index (χ0) is 12.9. The van der Waals surface area contributed by atoms with Gasteiger partial charge in [0, 0.05) is 22.3 Å². The fourth-order valence-electron chi connectivity index (χ4n) is 2.74. The van der Waals surface area contributed by atoms with Crippen LogP contribution in [0.5, 0.6) is 0 Å². The lowest BCUT2D eigenvalue weighted by Crippen LogP contribution is -2.05. The van der Waals surface area contributed by atoms with Crippen molar-refractivity contribution in [2.45, 2.75) is 32.1 Å². The maximum absolute atomic E-state index is 11.6. The highest BCUT2D eigenvalue weighted by atomic mass is 16.6. The second-order valence-corrected chi connectivity index (χ2v) is 4.61. The number of rotatable bonds is 0. The van der Waals surface area contributed by atoms with E-state index in [0.717, 1.165) is 0 Å². The molecule has 0 bridgehead atoms. The molecule has 1 heterocycles. The first-order chi connectivity index (χ1) is 8.58. The van der Waals surface area contributed by atoms with Gasteiger partial charge in [0.25, 0.3) is 0 Å². The summed E-state index contributed by atoms with van der Waals surface area (Å²) in [6.07, 6.45) is 1.24. The average Bonchev–Trinajstić information content (AvgIpc) is 2.65. The predicted molar refractivity (Wildman–Crippen MR) is 58.3 cm³/mol. The quantitative estimate of drug-likeness (QED) is 0.466. The number of hydrogen-bond donors (Lipinski definition) is 0. The Bertz CT molecular complexity index is 476. The topological polar surface area (TPSA) is 77.5 Å². The third kappa shape index (κ3) is 1.47. The van der Waals surface area contributed by atoms with Gasteiger partial charge in [-0.2, -0.15) is 0 Å². The van der Waals surface area contributed by atoms with Gasteiger partial charge in [0.05, 0.1) is 6.42 Å². The molecule has 3 aliphatic rings. The summed E-state index contributed by atoms with van der Waals surface area (Å²) in [4.78, 5) is 46.2. The van der Waals surface area contributed by atoms with Gasteiger partial charge in [0.1, 0.15) is 0 Å². The lowest BCUT2D eigenvalue weighted by Gasteiger charge is -2.09. The van der Waals surface area contributed by atoms with Crippen LogP contribution in [0.15, 0.2) is 22.3 Å². The molecule has 0 N–H and O–H groups in total. The van der Waals surface area contributed by atoms with Gasteiger partial charge in [-0.3, -0.25) is 9.59 Å². The summed E-state index contributed by atoms with van der Waals surface area (Å²) in [5, 5.41) is 0. The van der Waals surface area contributed by atoms with Crippen LogP contribution in [0.1, 0.15) is 32.1 Å². The molecule has 0 aromatic rings. The van der Waals surface area contributed by atoms with Crippen molar-refractivity contribution >= 4 is 23.5 Å². The first-order valence-electron chi connectivity index (χ1n) is 5.85. The molecular formula is C13H10O5. The van der Waals surface area contributed by atoms with Crippen molar-refractivity contribution in [2.75, 3.05) is 0 Å². The fraction of sp³-hybridized carbons (Fsp3) is 0.385. The lowest BCUT2D eigenvalue weighted by molar-refractivity contribution is -0.151. The Labute approximate surface area is 102 Å². The van der Waals surface area contributed by atoms with Gasteiger partial charge in [-0.05, 0) is 25.7 Å². The molecule has 2 aliphatic carbocycles. The van der Waals surface area contributed by atoms with Crippen molar-refractivity contribution in [1.82, 2.24) is 0 Å². The van der Waals surface area contributed by atoms with Gasteiger partial charge in [0.2, 0.25) is 0 Å². The van der Waals surface area contributed by atoms with E-state index in [9.17, 15) is 19.2 Å². The maximum atomic E-state index is 11.6. The molecule has 0 unspecified atom stereocenters. The third-order valence-corrected chi connectivity index (χ3v) is 3.65. The normalized spacial score (nSPS) is 24.0. The largest absolute Gasteiger partial charge is 0.386 e. The molecule has 0 saturated heterocycles. The van der Waals surface area contributed by atoms with Crippen LogP contribution < -0.4 is 0 Å². The Kier molecular flexibility index (Phi) is 2.29. The van der Waals surface area contributed by atoms with Crippen molar-refractivity contribution in [3.05, 3.63) is 22.3 Å².